The summed E-state index contributed by atoms with van der Waals surface area (Å²) >= 11 is 0. The number of amides is 1. The zero-order valence-corrected chi connectivity index (χ0v) is 21.6. The smallest absolute Gasteiger partial charge is 0.351 e. The Bertz CT molecular complexity index is 1410. The maximum atomic E-state index is 14.9. The highest BCUT2D eigenvalue weighted by molar-refractivity contribution is 6.11. The van der Waals surface area contributed by atoms with Gasteiger partial charge in [0.1, 0.15) is 17.2 Å². The molecule has 40 heavy (non-hydrogen) atoms. The predicted octanol–water partition coefficient (Wildman–Crippen LogP) is 5.59. The van der Waals surface area contributed by atoms with Crippen LogP contribution in [-0.2, 0) is 16.9 Å². The lowest BCUT2D eigenvalue weighted by Gasteiger charge is -2.30. The minimum absolute atomic E-state index is 0.162. The lowest BCUT2D eigenvalue weighted by atomic mass is 9.82. The van der Waals surface area contributed by atoms with Crippen LogP contribution in [0.3, 0.4) is 0 Å². The van der Waals surface area contributed by atoms with E-state index in [0.29, 0.717) is 35.2 Å². The number of allylic oxidation sites excluding steroid dienone is 1. The van der Waals surface area contributed by atoms with Crippen molar-refractivity contribution in [2.45, 2.75) is 43.9 Å². The van der Waals surface area contributed by atoms with E-state index in [1.807, 2.05) is 0 Å². The lowest BCUT2D eigenvalue weighted by molar-refractivity contribution is -0.112. The topological polar surface area (TPSA) is 130 Å². The van der Waals surface area contributed by atoms with E-state index in [-0.39, 0.29) is 17.9 Å². The van der Waals surface area contributed by atoms with Crippen LogP contribution in [0, 0.1) is 17.1 Å². The Morgan fingerprint density at radius 1 is 1.07 bits per heavy atom. The van der Waals surface area contributed by atoms with E-state index >= 15 is 0 Å². The van der Waals surface area contributed by atoms with Crippen LogP contribution in [0.15, 0.2) is 78.6 Å². The maximum absolute atomic E-state index is 14.9. The second kappa shape index (κ2) is 12.0. The Kier molecular flexibility index (Phi) is 8.65. The Morgan fingerprint density at radius 3 is 2.50 bits per heavy atom. The van der Waals surface area contributed by atoms with Gasteiger partial charge in [-0.05, 0) is 72.4 Å². The van der Waals surface area contributed by atoms with E-state index in [4.69, 9.17) is 16.9 Å². The van der Waals surface area contributed by atoms with Crippen LogP contribution >= 0.6 is 0 Å². The van der Waals surface area contributed by atoms with E-state index in [9.17, 15) is 22.4 Å². The molecule has 3 aromatic rings. The summed E-state index contributed by atoms with van der Waals surface area (Å²) in [5.74, 6) is -1.33. The standard InChI is InChI=1S/C29H30F4N6O/c30-22-10-9-20(28(36,12-11-18-7-8-18)26-6-1-2-13-37-26)15-23(22)39-27(40)24(16-25(35)29(31,32)33)38-21-5-3-4-19(14-21)17-34/h1-6,9-10,13-16,18,35,38H,7-8,11-12,17,34,36H2,(H,39,40)/b24-16-,35-25?. The van der Waals surface area contributed by atoms with Crippen LogP contribution in [0.5, 0.6) is 0 Å². The second-order valence-electron chi connectivity index (χ2n) is 9.82. The molecule has 2 aromatic carbocycles. The number of nitrogens with one attached hydrogen (secondary N) is 3. The molecule has 1 unspecified atom stereocenters. The molecule has 1 amide bonds. The van der Waals surface area contributed by atoms with Gasteiger partial charge >= 0.3 is 6.18 Å². The number of benzene rings is 2. The first kappa shape index (κ1) is 28.9. The third-order valence-corrected chi connectivity index (χ3v) is 6.78. The third-order valence-electron chi connectivity index (χ3n) is 6.78. The fraction of sp³-hybridized carbons (Fsp3) is 0.276. The van der Waals surface area contributed by atoms with Gasteiger partial charge in [0.2, 0.25) is 0 Å². The molecular formula is C29H30F4N6O. The van der Waals surface area contributed by atoms with Crippen molar-refractivity contribution in [3.8, 4) is 0 Å². The fourth-order valence-corrected chi connectivity index (χ4v) is 4.29. The van der Waals surface area contributed by atoms with Crippen molar-refractivity contribution in [2.24, 2.45) is 17.4 Å². The van der Waals surface area contributed by atoms with Gasteiger partial charge in [-0.25, -0.2) is 4.39 Å². The predicted molar refractivity (Wildman–Crippen MR) is 146 cm³/mol. The number of carbonyl (C=O) groups excluding carboxylic acids is 1. The van der Waals surface area contributed by atoms with Crippen molar-refractivity contribution in [2.75, 3.05) is 10.6 Å². The molecule has 0 bridgehead atoms. The van der Waals surface area contributed by atoms with Crippen LogP contribution in [0.1, 0.15) is 42.5 Å². The molecule has 1 heterocycles. The normalized spacial score (nSPS) is 15.3. The van der Waals surface area contributed by atoms with Gasteiger partial charge in [0.15, 0.2) is 0 Å². The minimum Gasteiger partial charge on any atom is -0.351 e. The molecule has 0 saturated heterocycles. The SMILES string of the molecule is N=C(/C=C(\Nc1cccc(CN)c1)C(=O)Nc1cc(C(N)(CCC2CC2)c2ccccn2)ccc1F)C(F)(F)F. The van der Waals surface area contributed by atoms with Gasteiger partial charge in [-0.15, -0.1) is 0 Å². The Morgan fingerprint density at radius 2 is 1.85 bits per heavy atom. The zero-order valence-electron chi connectivity index (χ0n) is 21.6. The second-order valence-corrected chi connectivity index (χ2v) is 9.82. The number of anilines is 2. The first-order chi connectivity index (χ1) is 19.0. The molecule has 1 aliphatic rings. The number of aromatic nitrogens is 1. The fourth-order valence-electron chi connectivity index (χ4n) is 4.29. The molecule has 210 valence electrons. The molecule has 7 nitrogen and oxygen atoms in total. The monoisotopic (exact) mass is 554 g/mol. The van der Waals surface area contributed by atoms with Crippen molar-refractivity contribution >= 4 is 23.0 Å². The molecule has 0 spiro atoms. The van der Waals surface area contributed by atoms with Crippen molar-refractivity contribution < 1.29 is 22.4 Å². The highest BCUT2D eigenvalue weighted by atomic mass is 19.4. The molecule has 1 saturated carbocycles. The molecule has 0 radical (unpaired) electrons. The maximum Gasteiger partial charge on any atom is 0.432 e. The number of halogens is 4. The van der Waals surface area contributed by atoms with Gasteiger partial charge in [0.25, 0.3) is 5.91 Å². The third kappa shape index (κ3) is 7.10. The summed E-state index contributed by atoms with van der Waals surface area (Å²) in [6, 6.07) is 15.7. The number of carbonyl (C=O) groups is 1. The van der Waals surface area contributed by atoms with Crippen molar-refractivity contribution in [3.63, 3.8) is 0 Å². The molecule has 0 aliphatic heterocycles. The summed E-state index contributed by atoms with van der Waals surface area (Å²) < 4.78 is 54.5. The van der Waals surface area contributed by atoms with Gasteiger partial charge in [-0.3, -0.25) is 15.2 Å². The van der Waals surface area contributed by atoms with Crippen LogP contribution in [0.4, 0.5) is 28.9 Å². The van der Waals surface area contributed by atoms with E-state index < -0.39 is 34.8 Å². The molecule has 4 rings (SSSR count). The first-order valence-corrected chi connectivity index (χ1v) is 12.7. The van der Waals surface area contributed by atoms with Crippen LogP contribution < -0.4 is 22.1 Å². The number of hydrogen-bond donors (Lipinski definition) is 5. The number of alkyl halides is 3. The van der Waals surface area contributed by atoms with Gasteiger partial charge in [-0.2, -0.15) is 13.2 Å². The largest absolute Gasteiger partial charge is 0.432 e. The Hall–Kier alpha value is -4.09. The molecule has 1 aromatic heterocycles. The number of nitrogens with two attached hydrogens (primary N) is 2. The van der Waals surface area contributed by atoms with Gasteiger partial charge in [-0.1, -0.05) is 37.1 Å². The lowest BCUT2D eigenvalue weighted by Crippen LogP contribution is -2.39. The average molecular weight is 555 g/mol. The van der Waals surface area contributed by atoms with Crippen molar-refractivity contribution in [1.29, 1.82) is 5.41 Å². The van der Waals surface area contributed by atoms with Crippen LogP contribution in [0.25, 0.3) is 0 Å². The van der Waals surface area contributed by atoms with Gasteiger partial charge in [0.05, 0.1) is 16.9 Å². The summed E-state index contributed by atoms with van der Waals surface area (Å²) in [5, 5.41) is 12.3. The summed E-state index contributed by atoms with van der Waals surface area (Å²) in [7, 11) is 0. The number of rotatable bonds is 11. The zero-order chi connectivity index (χ0) is 28.9. The van der Waals surface area contributed by atoms with E-state index in [2.05, 4.69) is 15.6 Å². The van der Waals surface area contributed by atoms with Crippen LogP contribution in [-0.4, -0.2) is 22.8 Å². The Labute approximate surface area is 229 Å². The highest BCUT2D eigenvalue weighted by Gasteiger charge is 2.35. The molecule has 11 heteroatoms. The Balaban J connectivity index is 1.66. The summed E-state index contributed by atoms with van der Waals surface area (Å²) in [6.07, 6.45) is 0.561. The quantitative estimate of drug-likeness (QED) is 0.120. The summed E-state index contributed by atoms with van der Waals surface area (Å²) in [4.78, 5) is 17.6. The number of hydrogen-bond acceptors (Lipinski definition) is 6. The number of pyridine rings is 1. The number of nitrogens with zero attached hydrogens (tertiary/aromatic N) is 1. The van der Waals surface area contributed by atoms with E-state index in [1.54, 1.807) is 42.6 Å². The van der Waals surface area contributed by atoms with Gasteiger partial charge < -0.3 is 22.1 Å². The first-order valence-electron chi connectivity index (χ1n) is 12.7. The summed E-state index contributed by atoms with van der Waals surface area (Å²) in [5.41, 5.74) is 10.8. The van der Waals surface area contributed by atoms with Gasteiger partial charge in [0, 0.05) is 18.4 Å². The van der Waals surface area contributed by atoms with Crippen molar-refractivity contribution in [3.05, 3.63) is 101 Å². The molecule has 1 atom stereocenters. The minimum atomic E-state index is -5.00. The molecule has 7 N–H and O–H groups in total. The molecular weight excluding hydrogens is 524 g/mol. The summed E-state index contributed by atoms with van der Waals surface area (Å²) in [6.45, 7) is 0.162. The van der Waals surface area contributed by atoms with Crippen molar-refractivity contribution in [1.82, 2.24) is 4.98 Å². The molecule has 1 fully saturated rings. The van der Waals surface area contributed by atoms with E-state index in [0.717, 1.165) is 25.3 Å². The molecule has 1 aliphatic carbocycles. The highest BCUT2D eigenvalue weighted by Crippen LogP contribution is 2.40. The van der Waals surface area contributed by atoms with Crippen LogP contribution in [0.2, 0.25) is 0 Å². The van der Waals surface area contributed by atoms with E-state index in [1.165, 1.54) is 18.2 Å². The average Bonchev–Trinajstić information content (AvgIpc) is 3.77.